The molecule has 66 valence electrons. The van der Waals surface area contributed by atoms with Gasteiger partial charge in [-0.25, -0.2) is 0 Å². The maximum absolute atomic E-state index is 5.18. The molecule has 2 aliphatic heterocycles. The fourth-order valence-electron chi connectivity index (χ4n) is 1.79. The van der Waals surface area contributed by atoms with E-state index in [0.717, 1.165) is 13.2 Å². The molecular weight excluding hydrogens is 138 g/mol. The second kappa shape index (κ2) is 3.55. The standard InChI is InChI=1S/C7H13NO.C2H6/c1-8-3-2-7(4-8)5-9-6-7;1-2/h2-6H2,1H3;1-2H3. The minimum absolute atomic E-state index is 0.592. The molecule has 2 heteroatoms. The van der Waals surface area contributed by atoms with Gasteiger partial charge in [-0.1, -0.05) is 13.8 Å². The van der Waals surface area contributed by atoms with Crippen molar-refractivity contribution in [1.29, 1.82) is 0 Å². The molecule has 11 heavy (non-hydrogen) atoms. The van der Waals surface area contributed by atoms with E-state index in [1.54, 1.807) is 0 Å². The van der Waals surface area contributed by atoms with E-state index in [9.17, 15) is 0 Å². The Bertz CT molecular complexity index is 121. The third-order valence-corrected chi connectivity index (χ3v) is 2.45. The van der Waals surface area contributed by atoms with Crippen LogP contribution in [0.4, 0.5) is 0 Å². The van der Waals surface area contributed by atoms with Crippen molar-refractivity contribution in [1.82, 2.24) is 4.90 Å². The van der Waals surface area contributed by atoms with Crippen LogP contribution in [0.1, 0.15) is 20.3 Å². The minimum atomic E-state index is 0.592. The highest BCUT2D eigenvalue weighted by atomic mass is 16.5. The topological polar surface area (TPSA) is 12.5 Å². The van der Waals surface area contributed by atoms with Crippen molar-refractivity contribution < 1.29 is 4.74 Å². The molecule has 2 nitrogen and oxygen atoms in total. The average Bonchev–Trinajstić information content (AvgIpc) is 2.35. The zero-order valence-electron chi connectivity index (χ0n) is 7.89. The predicted molar refractivity (Wildman–Crippen MR) is 46.7 cm³/mol. The van der Waals surface area contributed by atoms with Crippen LogP contribution in [0.3, 0.4) is 0 Å². The molecule has 0 amide bonds. The summed E-state index contributed by atoms with van der Waals surface area (Å²) in [5.41, 5.74) is 0.592. The van der Waals surface area contributed by atoms with Crippen LogP contribution < -0.4 is 0 Å². The first-order valence-electron chi connectivity index (χ1n) is 4.57. The van der Waals surface area contributed by atoms with Crippen molar-refractivity contribution >= 4 is 0 Å². The lowest BCUT2D eigenvalue weighted by Crippen LogP contribution is -2.44. The van der Waals surface area contributed by atoms with Gasteiger partial charge in [-0.05, 0) is 20.0 Å². The molecule has 2 aliphatic rings. The summed E-state index contributed by atoms with van der Waals surface area (Å²) in [6.45, 7) is 8.55. The highest BCUT2D eigenvalue weighted by Crippen LogP contribution is 2.36. The Morgan fingerprint density at radius 1 is 1.27 bits per heavy atom. The summed E-state index contributed by atoms with van der Waals surface area (Å²) in [4.78, 5) is 2.39. The van der Waals surface area contributed by atoms with Gasteiger partial charge in [-0.3, -0.25) is 0 Å². The number of rotatable bonds is 0. The SMILES string of the molecule is CC.CN1CCC2(COC2)C1. The Kier molecular flexibility index (Phi) is 2.90. The molecule has 0 saturated carbocycles. The Labute approximate surface area is 69.5 Å². The van der Waals surface area contributed by atoms with Gasteiger partial charge in [0.05, 0.1) is 13.2 Å². The van der Waals surface area contributed by atoms with Crippen molar-refractivity contribution in [2.75, 3.05) is 33.4 Å². The first-order valence-corrected chi connectivity index (χ1v) is 4.57. The van der Waals surface area contributed by atoms with Crippen LogP contribution in [0, 0.1) is 5.41 Å². The number of nitrogens with zero attached hydrogens (tertiary/aromatic N) is 1. The van der Waals surface area contributed by atoms with Crippen LogP contribution in [-0.4, -0.2) is 38.3 Å². The van der Waals surface area contributed by atoms with Crippen LogP contribution in [0.5, 0.6) is 0 Å². The Hall–Kier alpha value is -0.0800. The summed E-state index contributed by atoms with van der Waals surface area (Å²) >= 11 is 0. The first kappa shape index (κ1) is 9.01. The Morgan fingerprint density at radius 3 is 2.09 bits per heavy atom. The fraction of sp³-hybridized carbons (Fsp3) is 1.00. The van der Waals surface area contributed by atoms with Gasteiger partial charge >= 0.3 is 0 Å². The average molecular weight is 157 g/mol. The van der Waals surface area contributed by atoms with Crippen molar-refractivity contribution in [3.05, 3.63) is 0 Å². The quantitative estimate of drug-likeness (QED) is 0.526. The molecule has 0 aromatic rings. The summed E-state index contributed by atoms with van der Waals surface area (Å²) in [6, 6.07) is 0. The van der Waals surface area contributed by atoms with Crippen LogP contribution in [0.15, 0.2) is 0 Å². The van der Waals surface area contributed by atoms with E-state index in [0.29, 0.717) is 5.41 Å². The molecule has 2 rings (SSSR count). The second-order valence-electron chi connectivity index (χ2n) is 3.48. The lowest BCUT2D eigenvalue weighted by molar-refractivity contribution is -0.104. The van der Waals surface area contributed by atoms with E-state index >= 15 is 0 Å². The lowest BCUT2D eigenvalue weighted by Gasteiger charge is -2.37. The molecule has 2 saturated heterocycles. The van der Waals surface area contributed by atoms with E-state index in [1.165, 1.54) is 19.5 Å². The third-order valence-electron chi connectivity index (χ3n) is 2.45. The van der Waals surface area contributed by atoms with Crippen molar-refractivity contribution in [2.24, 2.45) is 5.41 Å². The van der Waals surface area contributed by atoms with Gasteiger partial charge in [0.15, 0.2) is 0 Å². The molecule has 2 fully saturated rings. The van der Waals surface area contributed by atoms with Crippen LogP contribution in [-0.2, 0) is 4.74 Å². The van der Waals surface area contributed by atoms with Gasteiger partial charge in [0, 0.05) is 12.0 Å². The number of hydrogen-bond donors (Lipinski definition) is 0. The van der Waals surface area contributed by atoms with Crippen molar-refractivity contribution in [3.63, 3.8) is 0 Å². The minimum Gasteiger partial charge on any atom is -0.380 e. The zero-order valence-corrected chi connectivity index (χ0v) is 7.89. The normalized spacial score (nSPS) is 27.5. The van der Waals surface area contributed by atoms with Crippen LogP contribution in [0.25, 0.3) is 0 Å². The van der Waals surface area contributed by atoms with Gasteiger partial charge in [0.25, 0.3) is 0 Å². The van der Waals surface area contributed by atoms with Gasteiger partial charge in [0.2, 0.25) is 0 Å². The van der Waals surface area contributed by atoms with Gasteiger partial charge in [-0.2, -0.15) is 0 Å². The molecule has 0 unspecified atom stereocenters. The maximum atomic E-state index is 5.18. The van der Waals surface area contributed by atoms with E-state index in [2.05, 4.69) is 11.9 Å². The number of ether oxygens (including phenoxy) is 1. The van der Waals surface area contributed by atoms with Crippen molar-refractivity contribution in [3.8, 4) is 0 Å². The summed E-state index contributed by atoms with van der Waals surface area (Å²) in [6.07, 6.45) is 1.35. The van der Waals surface area contributed by atoms with Crippen LogP contribution >= 0.6 is 0 Å². The molecule has 0 aromatic heterocycles. The van der Waals surface area contributed by atoms with Gasteiger partial charge in [-0.15, -0.1) is 0 Å². The Morgan fingerprint density at radius 2 is 1.91 bits per heavy atom. The Balaban J connectivity index is 0.000000281. The smallest absolute Gasteiger partial charge is 0.0557 e. The zero-order chi connectivity index (χ0) is 8.32. The van der Waals surface area contributed by atoms with Gasteiger partial charge < -0.3 is 9.64 Å². The fourth-order valence-corrected chi connectivity index (χ4v) is 1.79. The number of likely N-dealkylation sites (tertiary alicyclic amines) is 1. The second-order valence-corrected chi connectivity index (χ2v) is 3.48. The predicted octanol–water partition coefficient (Wildman–Crippen LogP) is 1.36. The molecule has 0 aromatic carbocycles. The third kappa shape index (κ3) is 1.74. The lowest BCUT2D eigenvalue weighted by atomic mass is 9.85. The van der Waals surface area contributed by atoms with E-state index < -0.39 is 0 Å². The molecule has 0 radical (unpaired) electrons. The highest BCUT2D eigenvalue weighted by Gasteiger charge is 2.42. The molecule has 1 spiro atoms. The summed E-state index contributed by atoms with van der Waals surface area (Å²) in [7, 11) is 2.19. The van der Waals surface area contributed by atoms with Gasteiger partial charge in [0.1, 0.15) is 0 Å². The molecule has 0 atom stereocenters. The van der Waals surface area contributed by atoms with Crippen LogP contribution in [0.2, 0.25) is 0 Å². The molecule has 0 N–H and O–H groups in total. The molecule has 2 heterocycles. The highest BCUT2D eigenvalue weighted by molar-refractivity contribution is 4.93. The molecule has 0 aliphatic carbocycles. The monoisotopic (exact) mass is 157 g/mol. The largest absolute Gasteiger partial charge is 0.380 e. The van der Waals surface area contributed by atoms with E-state index in [1.807, 2.05) is 13.8 Å². The maximum Gasteiger partial charge on any atom is 0.0557 e. The molecular formula is C9H19NO. The van der Waals surface area contributed by atoms with E-state index in [4.69, 9.17) is 4.74 Å². The first-order chi connectivity index (χ1) is 5.31. The summed E-state index contributed by atoms with van der Waals surface area (Å²) in [5.74, 6) is 0. The van der Waals surface area contributed by atoms with E-state index in [-0.39, 0.29) is 0 Å². The number of hydrogen-bond acceptors (Lipinski definition) is 2. The summed E-state index contributed by atoms with van der Waals surface area (Å²) in [5, 5.41) is 0. The summed E-state index contributed by atoms with van der Waals surface area (Å²) < 4.78 is 5.18. The molecule has 0 bridgehead atoms. The van der Waals surface area contributed by atoms with Crippen molar-refractivity contribution in [2.45, 2.75) is 20.3 Å².